The Morgan fingerprint density at radius 1 is 1.40 bits per heavy atom. The van der Waals surface area contributed by atoms with Gasteiger partial charge in [-0.2, -0.15) is 0 Å². The van der Waals surface area contributed by atoms with E-state index in [1.54, 1.807) is 0 Å². The van der Waals surface area contributed by atoms with Crippen molar-refractivity contribution in [2.24, 2.45) is 0 Å². The fourth-order valence-corrected chi connectivity index (χ4v) is 1.02. The molecule has 15 heavy (non-hydrogen) atoms. The zero-order chi connectivity index (χ0) is 11.1. The lowest BCUT2D eigenvalue weighted by Gasteiger charge is -2.00. The van der Waals surface area contributed by atoms with Gasteiger partial charge in [0.25, 0.3) is 0 Å². The van der Waals surface area contributed by atoms with Gasteiger partial charge in [0.2, 0.25) is 0 Å². The molecule has 0 spiro atoms. The van der Waals surface area contributed by atoms with Crippen molar-refractivity contribution >= 4 is 12.0 Å². The van der Waals surface area contributed by atoms with Crippen LogP contribution in [-0.2, 0) is 4.79 Å². The molecular weight excluding hydrogens is 190 g/mol. The molecule has 0 unspecified atom stereocenters. The summed E-state index contributed by atoms with van der Waals surface area (Å²) in [4.78, 5) is 10.4. The largest absolute Gasteiger partial charge is 0.477 e. The number of carboxylic acids is 1. The summed E-state index contributed by atoms with van der Waals surface area (Å²) in [5, 5.41) is 11.2. The average Bonchev–Trinajstić information content (AvgIpc) is 2.25. The Labute approximate surface area is 88.7 Å². The number of carboxylic acid groups (broad SMARTS) is 1. The van der Waals surface area contributed by atoms with E-state index in [0.717, 1.165) is 5.56 Å². The fourth-order valence-electron chi connectivity index (χ4n) is 1.02. The van der Waals surface area contributed by atoms with E-state index in [4.69, 9.17) is 5.11 Å². The van der Waals surface area contributed by atoms with E-state index in [9.17, 15) is 4.79 Å². The van der Waals surface area contributed by atoms with Crippen molar-refractivity contribution in [3.63, 3.8) is 0 Å². The Kier molecular flexibility index (Phi) is 4.16. The maximum atomic E-state index is 10.4. The first-order valence-electron chi connectivity index (χ1n) is 4.58. The highest BCUT2D eigenvalue weighted by molar-refractivity contribution is 5.85. The quantitative estimate of drug-likeness (QED) is 0.718. The molecule has 2 N–H and O–H groups in total. The number of aliphatic carboxylic acids is 1. The van der Waals surface area contributed by atoms with Gasteiger partial charge in [-0.05, 0) is 5.56 Å². The van der Waals surface area contributed by atoms with E-state index in [2.05, 4.69) is 11.9 Å². The molecule has 3 nitrogen and oxygen atoms in total. The van der Waals surface area contributed by atoms with Gasteiger partial charge in [0.1, 0.15) is 5.70 Å². The zero-order valence-corrected chi connectivity index (χ0v) is 8.31. The lowest BCUT2D eigenvalue weighted by molar-refractivity contribution is -0.133. The van der Waals surface area contributed by atoms with Crippen LogP contribution in [0.3, 0.4) is 0 Å². The summed E-state index contributed by atoms with van der Waals surface area (Å²) in [6.45, 7) is 3.81. The average molecular weight is 203 g/mol. The molecule has 0 heterocycles. The minimum Gasteiger partial charge on any atom is -0.477 e. The van der Waals surface area contributed by atoms with Crippen molar-refractivity contribution in [3.05, 3.63) is 54.2 Å². The van der Waals surface area contributed by atoms with Crippen LogP contribution in [0.25, 0.3) is 6.08 Å². The molecule has 0 bridgehead atoms. The van der Waals surface area contributed by atoms with Crippen molar-refractivity contribution in [1.29, 1.82) is 0 Å². The van der Waals surface area contributed by atoms with Crippen LogP contribution in [0.5, 0.6) is 0 Å². The molecule has 1 aromatic carbocycles. The van der Waals surface area contributed by atoms with Gasteiger partial charge in [0.15, 0.2) is 0 Å². The molecule has 3 heteroatoms. The van der Waals surface area contributed by atoms with E-state index >= 15 is 0 Å². The van der Waals surface area contributed by atoms with Gasteiger partial charge in [-0.1, -0.05) is 49.1 Å². The molecule has 1 aromatic rings. The summed E-state index contributed by atoms with van der Waals surface area (Å²) in [7, 11) is 0. The van der Waals surface area contributed by atoms with Crippen molar-refractivity contribution in [1.82, 2.24) is 5.32 Å². The Bertz CT molecular complexity index is 368. The van der Waals surface area contributed by atoms with Gasteiger partial charge in [0.05, 0.1) is 0 Å². The van der Waals surface area contributed by atoms with E-state index < -0.39 is 5.97 Å². The second kappa shape index (κ2) is 5.65. The van der Waals surface area contributed by atoms with Gasteiger partial charge < -0.3 is 10.4 Å². The van der Waals surface area contributed by atoms with Crippen LogP contribution in [0.1, 0.15) is 5.56 Å². The smallest absolute Gasteiger partial charge is 0.351 e. The standard InChI is InChI=1S/C12H13NO2/c1-10(12(14)15)13-9-5-8-11-6-3-2-4-7-11/h2-8,13H,1,9H2,(H,14,15). The molecule has 0 saturated carbocycles. The topological polar surface area (TPSA) is 49.3 Å². The normalized spacial score (nSPS) is 10.1. The lowest BCUT2D eigenvalue weighted by atomic mass is 10.2. The molecule has 0 aliphatic heterocycles. The molecule has 0 radical (unpaired) electrons. The van der Waals surface area contributed by atoms with Crippen LogP contribution < -0.4 is 5.32 Å². The molecule has 0 aromatic heterocycles. The van der Waals surface area contributed by atoms with Gasteiger partial charge in [0, 0.05) is 6.54 Å². The summed E-state index contributed by atoms with van der Waals surface area (Å²) in [5.41, 5.74) is 1.09. The Hall–Kier alpha value is -2.03. The number of carbonyl (C=O) groups is 1. The SMILES string of the molecule is C=C(NCC=Cc1ccccc1)C(=O)O. The lowest BCUT2D eigenvalue weighted by Crippen LogP contribution is -2.18. The van der Waals surface area contributed by atoms with Gasteiger partial charge in [-0.15, -0.1) is 0 Å². The molecule has 0 fully saturated rings. The van der Waals surface area contributed by atoms with E-state index in [1.165, 1.54) is 0 Å². The first kappa shape index (κ1) is 11.0. The van der Waals surface area contributed by atoms with E-state index in [0.29, 0.717) is 6.54 Å². The van der Waals surface area contributed by atoms with Crippen molar-refractivity contribution < 1.29 is 9.90 Å². The third-order valence-corrected chi connectivity index (χ3v) is 1.80. The van der Waals surface area contributed by atoms with Gasteiger partial charge >= 0.3 is 5.97 Å². The van der Waals surface area contributed by atoms with Crippen LogP contribution in [0.15, 0.2) is 48.7 Å². The number of hydrogen-bond acceptors (Lipinski definition) is 2. The first-order chi connectivity index (χ1) is 7.20. The number of hydrogen-bond donors (Lipinski definition) is 2. The predicted octanol–water partition coefficient (Wildman–Crippen LogP) is 1.89. The Morgan fingerprint density at radius 3 is 2.67 bits per heavy atom. The van der Waals surface area contributed by atoms with E-state index in [-0.39, 0.29) is 5.70 Å². The molecule has 0 saturated heterocycles. The van der Waals surface area contributed by atoms with Gasteiger partial charge in [-0.3, -0.25) is 0 Å². The minimum absolute atomic E-state index is 0.00714. The fraction of sp³-hybridized carbons (Fsp3) is 0.0833. The van der Waals surface area contributed by atoms with Crippen LogP contribution in [0, 0.1) is 0 Å². The maximum Gasteiger partial charge on any atom is 0.351 e. The molecule has 0 aliphatic carbocycles. The highest BCUT2D eigenvalue weighted by atomic mass is 16.4. The van der Waals surface area contributed by atoms with Crippen LogP contribution in [-0.4, -0.2) is 17.6 Å². The maximum absolute atomic E-state index is 10.4. The molecule has 1 rings (SSSR count). The van der Waals surface area contributed by atoms with Crippen LogP contribution in [0.4, 0.5) is 0 Å². The number of nitrogens with one attached hydrogen (secondary N) is 1. The predicted molar refractivity (Wildman–Crippen MR) is 60.3 cm³/mol. The summed E-state index contributed by atoms with van der Waals surface area (Å²) < 4.78 is 0. The highest BCUT2D eigenvalue weighted by Crippen LogP contribution is 2.00. The molecule has 0 atom stereocenters. The van der Waals surface area contributed by atoms with Gasteiger partial charge in [-0.25, -0.2) is 4.79 Å². The summed E-state index contributed by atoms with van der Waals surface area (Å²) >= 11 is 0. The third-order valence-electron chi connectivity index (χ3n) is 1.80. The van der Waals surface area contributed by atoms with Crippen LogP contribution >= 0.6 is 0 Å². The summed E-state index contributed by atoms with van der Waals surface area (Å²) in [5.74, 6) is -1.02. The van der Waals surface area contributed by atoms with Crippen molar-refractivity contribution in [3.8, 4) is 0 Å². The third kappa shape index (κ3) is 4.13. The monoisotopic (exact) mass is 203 g/mol. The molecule has 0 aliphatic rings. The highest BCUT2D eigenvalue weighted by Gasteiger charge is 1.99. The number of benzene rings is 1. The van der Waals surface area contributed by atoms with Crippen molar-refractivity contribution in [2.45, 2.75) is 0 Å². The first-order valence-corrected chi connectivity index (χ1v) is 4.58. The van der Waals surface area contributed by atoms with Crippen molar-refractivity contribution in [2.75, 3.05) is 6.54 Å². The Balaban J connectivity index is 2.35. The summed E-state index contributed by atoms with van der Waals surface area (Å²) in [6.07, 6.45) is 3.77. The second-order valence-electron chi connectivity index (χ2n) is 2.98. The molecule has 0 amide bonds. The summed E-state index contributed by atoms with van der Waals surface area (Å²) in [6, 6.07) is 9.79. The molecular formula is C12H13NO2. The zero-order valence-electron chi connectivity index (χ0n) is 8.31. The minimum atomic E-state index is -1.02. The van der Waals surface area contributed by atoms with Crippen LogP contribution in [0.2, 0.25) is 0 Å². The number of rotatable bonds is 5. The van der Waals surface area contributed by atoms with E-state index in [1.807, 2.05) is 42.5 Å². The second-order valence-corrected chi connectivity index (χ2v) is 2.98. The Morgan fingerprint density at radius 2 is 2.07 bits per heavy atom. The molecule has 78 valence electrons.